The summed E-state index contributed by atoms with van der Waals surface area (Å²) in [5.74, 6) is -0.391. The summed E-state index contributed by atoms with van der Waals surface area (Å²) in [6.07, 6.45) is 0.936. The molecule has 0 unspecified atom stereocenters. The Kier molecular flexibility index (Phi) is 9.43. The number of ether oxygens (including phenoxy) is 1. The molecule has 2 aromatic heterocycles. The number of hydrogen-bond donors (Lipinski definition) is 3. The first-order chi connectivity index (χ1) is 21.7. The number of carbonyl (C=O) groups is 1. The Hall–Kier alpha value is -4.39. The van der Waals surface area contributed by atoms with Crippen LogP contribution in [0.3, 0.4) is 0 Å². The molecule has 4 aromatic rings. The average molecular weight is 646 g/mol. The maximum Gasteiger partial charge on any atom is 0.264 e. The Balaban J connectivity index is 1.65. The van der Waals surface area contributed by atoms with E-state index in [1.807, 2.05) is 32.0 Å². The van der Waals surface area contributed by atoms with E-state index in [0.29, 0.717) is 23.4 Å². The molecule has 0 saturated heterocycles. The highest BCUT2D eigenvalue weighted by Crippen LogP contribution is 2.31. The van der Waals surface area contributed by atoms with Crippen molar-refractivity contribution in [3.05, 3.63) is 94.8 Å². The van der Waals surface area contributed by atoms with Crippen molar-refractivity contribution in [3.8, 4) is 17.1 Å². The third-order valence-electron chi connectivity index (χ3n) is 7.77. The molecule has 242 valence electrons. The van der Waals surface area contributed by atoms with Crippen LogP contribution in [0.25, 0.3) is 11.3 Å². The molecule has 0 saturated carbocycles. The van der Waals surface area contributed by atoms with Crippen LogP contribution in [0.1, 0.15) is 66.0 Å². The number of benzene rings is 2. The lowest BCUT2D eigenvalue weighted by atomic mass is 9.87. The van der Waals surface area contributed by atoms with Gasteiger partial charge in [-0.1, -0.05) is 51.1 Å². The number of pyridine rings is 1. The zero-order chi connectivity index (χ0) is 33.2. The number of nitrogens with one attached hydrogen (secondary N) is 1. The lowest BCUT2D eigenvalue weighted by Crippen LogP contribution is -2.45. The summed E-state index contributed by atoms with van der Waals surface area (Å²) in [5.41, 5.74) is 4.18. The zero-order valence-corrected chi connectivity index (χ0v) is 27.4. The molecule has 1 aliphatic rings. The van der Waals surface area contributed by atoms with Crippen LogP contribution in [0.5, 0.6) is 5.88 Å². The highest BCUT2D eigenvalue weighted by Gasteiger charge is 2.32. The zero-order valence-electron chi connectivity index (χ0n) is 26.6. The number of anilines is 1. The number of rotatable bonds is 6. The van der Waals surface area contributed by atoms with E-state index in [0.717, 1.165) is 16.7 Å². The summed E-state index contributed by atoms with van der Waals surface area (Å²) >= 11 is 0. The molecular formula is C34H39N5O6S. The van der Waals surface area contributed by atoms with Gasteiger partial charge in [0.25, 0.3) is 15.9 Å². The van der Waals surface area contributed by atoms with Crippen LogP contribution in [-0.2, 0) is 16.6 Å². The molecule has 0 aliphatic carbocycles. The largest absolute Gasteiger partial charge is 0.475 e. The number of hydrogen-bond acceptors (Lipinski definition) is 9. The molecule has 11 nitrogen and oxygen atoms in total. The number of fused-ring (bicyclic) bond motifs is 4. The smallest absolute Gasteiger partial charge is 0.264 e. The van der Waals surface area contributed by atoms with Gasteiger partial charge in [0.1, 0.15) is 12.7 Å². The first-order valence-corrected chi connectivity index (χ1v) is 16.5. The van der Waals surface area contributed by atoms with Crippen molar-refractivity contribution in [2.24, 2.45) is 5.41 Å². The minimum Gasteiger partial charge on any atom is -0.475 e. The lowest BCUT2D eigenvalue weighted by molar-refractivity contribution is 0.0509. The SMILES string of the molecule is Cc1cccc(C)c1-c1cc2nc(n1)NS(=O)(=O)c1cccc(c1)C(=O)N(Cc1ccc([C@@H](O)CO)cn1)[C@H](CC(C)(C)C)CO2. The van der Waals surface area contributed by atoms with E-state index in [4.69, 9.17) is 4.74 Å². The number of aliphatic hydroxyl groups is 2. The van der Waals surface area contributed by atoms with Gasteiger partial charge >= 0.3 is 0 Å². The molecule has 1 amide bonds. The molecule has 0 radical (unpaired) electrons. The van der Waals surface area contributed by atoms with Crippen LogP contribution < -0.4 is 9.46 Å². The van der Waals surface area contributed by atoms with Gasteiger partial charge in [-0.3, -0.25) is 9.78 Å². The Labute approximate surface area is 269 Å². The summed E-state index contributed by atoms with van der Waals surface area (Å²) < 4.78 is 36.0. The summed E-state index contributed by atoms with van der Waals surface area (Å²) in [6, 6.07) is 16.3. The third-order valence-corrected chi connectivity index (χ3v) is 9.09. The second-order valence-corrected chi connectivity index (χ2v) is 14.4. The quantitative estimate of drug-likeness (QED) is 0.268. The molecule has 3 heterocycles. The molecule has 5 rings (SSSR count). The Morgan fingerprint density at radius 1 is 1.04 bits per heavy atom. The average Bonchev–Trinajstić information content (AvgIpc) is 3.00. The van der Waals surface area contributed by atoms with E-state index in [9.17, 15) is 23.4 Å². The molecule has 46 heavy (non-hydrogen) atoms. The van der Waals surface area contributed by atoms with Gasteiger partial charge in [-0.05, 0) is 61.1 Å². The predicted molar refractivity (Wildman–Crippen MR) is 174 cm³/mol. The standard InChI is InChI=1S/C34H39N5O6S/c1-21-8-6-9-22(2)31(21)28-15-30-37-33(36-28)38-46(43,44)27-11-7-10-23(14-27)32(42)39(26(20-45-30)16-34(3,4)5)18-25-13-12-24(17-35-25)29(41)19-40/h6-15,17,26,29,40-41H,16,18-20H2,1-5H3,(H,36,37,38)/t26-,29+/m1/s1. The molecule has 12 heteroatoms. The number of aliphatic hydroxyl groups excluding tert-OH is 2. The van der Waals surface area contributed by atoms with Crippen LogP contribution in [-0.4, -0.2) is 63.6 Å². The van der Waals surface area contributed by atoms with Crippen LogP contribution in [0, 0.1) is 19.3 Å². The van der Waals surface area contributed by atoms with Crippen molar-refractivity contribution < 1.29 is 28.2 Å². The second kappa shape index (κ2) is 13.1. The van der Waals surface area contributed by atoms with Gasteiger partial charge in [-0.2, -0.15) is 4.98 Å². The number of aromatic nitrogens is 3. The minimum atomic E-state index is -4.19. The van der Waals surface area contributed by atoms with Gasteiger partial charge in [0.2, 0.25) is 11.8 Å². The van der Waals surface area contributed by atoms with Crippen molar-refractivity contribution in [2.45, 2.75) is 64.6 Å². The molecule has 4 bridgehead atoms. The van der Waals surface area contributed by atoms with Crippen LogP contribution in [0.4, 0.5) is 5.95 Å². The van der Waals surface area contributed by atoms with E-state index in [-0.39, 0.29) is 40.9 Å². The number of nitrogens with zero attached hydrogens (tertiary/aromatic N) is 4. The molecular weight excluding hydrogens is 606 g/mol. The number of amides is 1. The fourth-order valence-corrected chi connectivity index (χ4v) is 6.54. The number of aryl methyl sites for hydroxylation is 2. The van der Waals surface area contributed by atoms with Crippen LogP contribution in [0.15, 0.2) is 71.8 Å². The maximum absolute atomic E-state index is 14.3. The number of carbonyl (C=O) groups excluding carboxylic acids is 1. The van der Waals surface area contributed by atoms with Crippen molar-refractivity contribution in [2.75, 3.05) is 17.9 Å². The fourth-order valence-electron chi connectivity index (χ4n) is 5.55. The molecule has 3 N–H and O–H groups in total. The highest BCUT2D eigenvalue weighted by molar-refractivity contribution is 7.92. The van der Waals surface area contributed by atoms with Gasteiger partial charge in [-0.25, -0.2) is 18.1 Å². The molecule has 0 spiro atoms. The molecule has 2 aromatic carbocycles. The van der Waals surface area contributed by atoms with E-state index in [2.05, 4.69) is 40.4 Å². The monoisotopic (exact) mass is 645 g/mol. The highest BCUT2D eigenvalue weighted by atomic mass is 32.2. The van der Waals surface area contributed by atoms with Crippen LogP contribution in [0.2, 0.25) is 0 Å². The second-order valence-electron chi connectivity index (χ2n) is 12.8. The minimum absolute atomic E-state index is 0.0550. The maximum atomic E-state index is 14.3. The summed E-state index contributed by atoms with van der Waals surface area (Å²) in [4.78, 5) is 29.3. The molecule has 2 atom stereocenters. The summed E-state index contributed by atoms with van der Waals surface area (Å²) in [6.45, 7) is 9.81. The fraction of sp³-hybridized carbons (Fsp3) is 0.353. The third kappa shape index (κ3) is 7.52. The van der Waals surface area contributed by atoms with Crippen molar-refractivity contribution in [1.29, 1.82) is 0 Å². The summed E-state index contributed by atoms with van der Waals surface area (Å²) in [5, 5.41) is 19.3. The van der Waals surface area contributed by atoms with Crippen LogP contribution >= 0.6 is 0 Å². The van der Waals surface area contributed by atoms with Gasteiger partial charge < -0.3 is 19.8 Å². The van der Waals surface area contributed by atoms with Crippen molar-refractivity contribution in [1.82, 2.24) is 19.9 Å². The lowest BCUT2D eigenvalue weighted by Gasteiger charge is -2.35. The molecule has 1 aliphatic heterocycles. The van der Waals surface area contributed by atoms with Crippen molar-refractivity contribution >= 4 is 21.9 Å². The normalized spacial score (nSPS) is 17.2. The number of sulfonamides is 1. The Morgan fingerprint density at radius 2 is 1.76 bits per heavy atom. The van der Waals surface area contributed by atoms with E-state index in [1.54, 1.807) is 29.2 Å². The van der Waals surface area contributed by atoms with Gasteiger partial charge in [0.05, 0.1) is 35.5 Å². The van der Waals surface area contributed by atoms with E-state index < -0.39 is 34.7 Å². The first-order valence-electron chi connectivity index (χ1n) is 15.0. The Bertz CT molecular complexity index is 1820. The summed E-state index contributed by atoms with van der Waals surface area (Å²) in [7, 11) is -4.19. The van der Waals surface area contributed by atoms with Gasteiger partial charge in [0.15, 0.2) is 0 Å². The van der Waals surface area contributed by atoms with E-state index in [1.165, 1.54) is 24.4 Å². The molecule has 0 fully saturated rings. The van der Waals surface area contributed by atoms with E-state index >= 15 is 0 Å². The predicted octanol–water partition coefficient (Wildman–Crippen LogP) is 4.82. The first kappa shape index (κ1) is 33.0. The van der Waals surface area contributed by atoms with Crippen molar-refractivity contribution in [3.63, 3.8) is 0 Å². The Morgan fingerprint density at radius 3 is 2.41 bits per heavy atom. The van der Waals surface area contributed by atoms with Gasteiger partial charge in [-0.15, -0.1) is 0 Å². The topological polar surface area (TPSA) is 155 Å². The van der Waals surface area contributed by atoms with Gasteiger partial charge in [0, 0.05) is 29.0 Å².